The van der Waals surface area contributed by atoms with E-state index in [0.717, 1.165) is 18.4 Å². The van der Waals surface area contributed by atoms with Gasteiger partial charge in [-0.05, 0) is 43.2 Å². The summed E-state index contributed by atoms with van der Waals surface area (Å²) in [5.41, 5.74) is 7.93. The molecule has 2 aliphatic rings. The molecule has 2 atom stereocenters. The van der Waals surface area contributed by atoms with E-state index in [0.29, 0.717) is 5.41 Å². The van der Waals surface area contributed by atoms with Gasteiger partial charge in [0, 0.05) is 5.41 Å². The summed E-state index contributed by atoms with van der Waals surface area (Å²) in [5, 5.41) is 0. The summed E-state index contributed by atoms with van der Waals surface area (Å²) in [4.78, 5) is 0. The molecule has 0 heterocycles. The topological polar surface area (TPSA) is 26.0 Å². The van der Waals surface area contributed by atoms with Gasteiger partial charge in [-0.3, -0.25) is 0 Å². The van der Waals surface area contributed by atoms with Crippen LogP contribution >= 0.6 is 0 Å². The Morgan fingerprint density at radius 3 is 2.38 bits per heavy atom. The molecule has 16 heavy (non-hydrogen) atoms. The fraction of sp³-hybridized carbons (Fsp3) is 0.600. The zero-order valence-electron chi connectivity index (χ0n) is 9.86. The van der Waals surface area contributed by atoms with Crippen LogP contribution in [-0.4, -0.2) is 6.54 Å². The van der Waals surface area contributed by atoms with E-state index in [2.05, 4.69) is 30.3 Å². The molecule has 3 rings (SSSR count). The van der Waals surface area contributed by atoms with Crippen LogP contribution in [0.25, 0.3) is 0 Å². The van der Waals surface area contributed by atoms with E-state index in [1.807, 2.05) is 0 Å². The zero-order chi connectivity index (χ0) is 11.0. The first kappa shape index (κ1) is 10.3. The number of nitrogens with two attached hydrogens (primary N) is 1. The predicted octanol–water partition coefficient (Wildman–Crippen LogP) is 3.09. The van der Waals surface area contributed by atoms with Crippen LogP contribution in [0.5, 0.6) is 0 Å². The Bertz CT molecular complexity index is 353. The molecule has 2 aliphatic carbocycles. The maximum Gasteiger partial charge on any atom is 0.00252 e. The lowest BCUT2D eigenvalue weighted by atomic mass is 9.79. The summed E-state index contributed by atoms with van der Waals surface area (Å²) in [7, 11) is 0. The molecule has 0 amide bonds. The third-order valence-corrected chi connectivity index (χ3v) is 4.83. The number of hydrogen-bond donors (Lipinski definition) is 1. The van der Waals surface area contributed by atoms with E-state index in [-0.39, 0.29) is 0 Å². The third-order valence-electron chi connectivity index (χ3n) is 4.83. The molecule has 0 saturated heterocycles. The second-order valence-corrected chi connectivity index (χ2v) is 5.52. The van der Waals surface area contributed by atoms with Crippen molar-refractivity contribution in [2.45, 2.75) is 37.5 Å². The normalized spacial score (nSPS) is 34.2. The highest BCUT2D eigenvalue weighted by Crippen LogP contribution is 2.62. The summed E-state index contributed by atoms with van der Waals surface area (Å²) in [5.74, 6) is 1.65. The van der Waals surface area contributed by atoms with Crippen molar-refractivity contribution in [3.63, 3.8) is 0 Å². The van der Waals surface area contributed by atoms with Gasteiger partial charge in [-0.2, -0.15) is 0 Å². The van der Waals surface area contributed by atoms with Crippen LogP contribution in [0, 0.1) is 11.8 Å². The Balaban J connectivity index is 1.92. The van der Waals surface area contributed by atoms with E-state index >= 15 is 0 Å². The van der Waals surface area contributed by atoms with Crippen molar-refractivity contribution >= 4 is 0 Å². The summed E-state index contributed by atoms with van der Waals surface area (Å²) in [6.45, 7) is 0.866. The van der Waals surface area contributed by atoms with Gasteiger partial charge in [-0.25, -0.2) is 0 Å². The lowest BCUT2D eigenvalue weighted by Crippen LogP contribution is -2.23. The number of benzene rings is 1. The highest BCUT2D eigenvalue weighted by atomic mass is 14.7. The fourth-order valence-corrected chi connectivity index (χ4v) is 3.92. The second-order valence-electron chi connectivity index (χ2n) is 5.52. The van der Waals surface area contributed by atoms with Crippen LogP contribution in [0.2, 0.25) is 0 Å². The van der Waals surface area contributed by atoms with Crippen LogP contribution in [0.15, 0.2) is 30.3 Å². The van der Waals surface area contributed by atoms with Crippen molar-refractivity contribution in [2.24, 2.45) is 17.6 Å². The minimum atomic E-state index is 0.465. The molecule has 2 fully saturated rings. The molecule has 1 nitrogen and oxygen atoms in total. The minimum Gasteiger partial charge on any atom is -0.330 e. The summed E-state index contributed by atoms with van der Waals surface area (Å²) in [6, 6.07) is 11.1. The smallest absolute Gasteiger partial charge is 0.00252 e. The highest BCUT2D eigenvalue weighted by Gasteiger charge is 2.58. The Hall–Kier alpha value is -0.820. The predicted molar refractivity (Wildman–Crippen MR) is 67.2 cm³/mol. The van der Waals surface area contributed by atoms with Gasteiger partial charge in [0.25, 0.3) is 0 Å². The maximum atomic E-state index is 5.91. The highest BCUT2D eigenvalue weighted by molar-refractivity contribution is 5.35. The first-order valence-corrected chi connectivity index (χ1v) is 6.63. The van der Waals surface area contributed by atoms with Gasteiger partial charge in [-0.1, -0.05) is 43.2 Å². The Morgan fingerprint density at radius 1 is 1.12 bits per heavy atom. The van der Waals surface area contributed by atoms with Gasteiger partial charge in [-0.15, -0.1) is 0 Å². The molecular formula is C15H21N. The second kappa shape index (κ2) is 3.89. The van der Waals surface area contributed by atoms with E-state index in [1.54, 1.807) is 5.56 Å². The molecule has 0 aromatic heterocycles. The molecule has 0 aliphatic heterocycles. The largest absolute Gasteiger partial charge is 0.330 e. The monoisotopic (exact) mass is 215 g/mol. The van der Waals surface area contributed by atoms with E-state index < -0.39 is 0 Å². The third kappa shape index (κ3) is 1.41. The van der Waals surface area contributed by atoms with Crippen LogP contribution in [0.1, 0.15) is 37.7 Å². The molecule has 1 unspecified atom stereocenters. The molecule has 86 valence electrons. The molecule has 0 spiro atoms. The van der Waals surface area contributed by atoms with Gasteiger partial charge in [0.1, 0.15) is 0 Å². The van der Waals surface area contributed by atoms with Crippen molar-refractivity contribution in [3.05, 3.63) is 35.9 Å². The van der Waals surface area contributed by atoms with E-state index in [4.69, 9.17) is 5.73 Å². The molecular weight excluding hydrogens is 194 g/mol. The SMILES string of the molecule is NC[C@@H]1CC1(c1ccccc1)C1CCCC1. The van der Waals surface area contributed by atoms with Crippen molar-refractivity contribution < 1.29 is 0 Å². The van der Waals surface area contributed by atoms with Crippen LogP contribution in [0.4, 0.5) is 0 Å². The average Bonchev–Trinajstić information content (AvgIpc) is 2.84. The molecule has 2 saturated carbocycles. The Labute approximate surface area is 98.0 Å². The Kier molecular flexibility index (Phi) is 2.51. The van der Waals surface area contributed by atoms with Gasteiger partial charge in [0.2, 0.25) is 0 Å². The van der Waals surface area contributed by atoms with Crippen LogP contribution in [-0.2, 0) is 5.41 Å². The average molecular weight is 215 g/mol. The molecule has 0 bridgehead atoms. The number of hydrogen-bond acceptors (Lipinski definition) is 1. The van der Waals surface area contributed by atoms with Crippen LogP contribution in [0.3, 0.4) is 0 Å². The molecule has 2 N–H and O–H groups in total. The quantitative estimate of drug-likeness (QED) is 0.824. The van der Waals surface area contributed by atoms with E-state index in [1.165, 1.54) is 32.1 Å². The van der Waals surface area contributed by atoms with E-state index in [9.17, 15) is 0 Å². The first-order chi connectivity index (χ1) is 7.88. The number of rotatable bonds is 3. The molecule has 1 aromatic rings. The van der Waals surface area contributed by atoms with Gasteiger partial charge < -0.3 is 5.73 Å². The standard InChI is InChI=1S/C15H21N/c16-11-14-10-15(14,13-8-4-5-9-13)12-6-2-1-3-7-12/h1-3,6-7,13-14H,4-5,8-11,16H2/t14-,15?/m0/s1. The van der Waals surface area contributed by atoms with Gasteiger partial charge in [0.05, 0.1) is 0 Å². The minimum absolute atomic E-state index is 0.465. The van der Waals surface area contributed by atoms with Crippen molar-refractivity contribution in [2.75, 3.05) is 6.54 Å². The summed E-state index contributed by atoms with van der Waals surface area (Å²) >= 11 is 0. The molecule has 0 radical (unpaired) electrons. The Morgan fingerprint density at radius 2 is 1.81 bits per heavy atom. The fourth-order valence-electron chi connectivity index (χ4n) is 3.92. The zero-order valence-corrected chi connectivity index (χ0v) is 9.86. The van der Waals surface area contributed by atoms with Gasteiger partial charge >= 0.3 is 0 Å². The van der Waals surface area contributed by atoms with Crippen molar-refractivity contribution in [1.82, 2.24) is 0 Å². The summed E-state index contributed by atoms with van der Waals surface area (Å²) < 4.78 is 0. The summed E-state index contributed by atoms with van der Waals surface area (Å²) in [6.07, 6.45) is 7.03. The lowest BCUT2D eigenvalue weighted by molar-refractivity contribution is 0.386. The van der Waals surface area contributed by atoms with Crippen molar-refractivity contribution in [1.29, 1.82) is 0 Å². The lowest BCUT2D eigenvalue weighted by Gasteiger charge is -2.25. The van der Waals surface area contributed by atoms with Gasteiger partial charge in [0.15, 0.2) is 0 Å². The molecule has 1 aromatic carbocycles. The molecule has 1 heteroatoms. The van der Waals surface area contributed by atoms with Crippen LogP contribution < -0.4 is 5.73 Å². The maximum absolute atomic E-state index is 5.91. The van der Waals surface area contributed by atoms with Crippen molar-refractivity contribution in [3.8, 4) is 0 Å². The first-order valence-electron chi connectivity index (χ1n) is 6.63.